The maximum absolute atomic E-state index is 12.1. The van der Waals surface area contributed by atoms with E-state index in [-0.39, 0.29) is 17.7 Å². The van der Waals surface area contributed by atoms with Crippen LogP contribution >= 0.6 is 11.8 Å². The van der Waals surface area contributed by atoms with Crippen molar-refractivity contribution in [2.24, 2.45) is 0 Å². The number of amides is 1. The fourth-order valence-corrected chi connectivity index (χ4v) is 2.76. The number of furan rings is 1. The number of rotatable bonds is 7. The highest BCUT2D eigenvalue weighted by atomic mass is 32.2. The number of carbonyl (C=O) groups is 1. The van der Waals surface area contributed by atoms with Gasteiger partial charge in [0, 0.05) is 12.1 Å². The van der Waals surface area contributed by atoms with Crippen molar-refractivity contribution in [1.29, 1.82) is 0 Å². The monoisotopic (exact) mass is 347 g/mol. The molecule has 0 aliphatic rings. The lowest BCUT2D eigenvalue weighted by Gasteiger charge is -2.11. The molecule has 0 saturated heterocycles. The summed E-state index contributed by atoms with van der Waals surface area (Å²) in [5.74, 6) is 1.47. The molecule has 0 aromatic carbocycles. The lowest BCUT2D eigenvalue weighted by atomic mass is 10.4. The van der Waals surface area contributed by atoms with Crippen LogP contribution in [0.5, 0.6) is 0 Å². The van der Waals surface area contributed by atoms with Gasteiger partial charge in [-0.3, -0.25) is 4.79 Å². The van der Waals surface area contributed by atoms with E-state index in [0.29, 0.717) is 17.5 Å². The average Bonchev–Trinajstić information content (AvgIpc) is 3.27. The standard InChI is InChI=1S/C14H17N7O2S/c1-10(2)21-12(5-6-15-21)16-13(22)9-24-14-17-18-19-20(14)8-11-4-3-7-23-11/h3-7,10H,8-9H2,1-2H3,(H,16,22). The van der Waals surface area contributed by atoms with Crippen molar-refractivity contribution in [2.75, 3.05) is 11.1 Å². The Bertz CT molecular complexity index is 794. The third kappa shape index (κ3) is 3.82. The molecule has 3 aromatic heterocycles. The summed E-state index contributed by atoms with van der Waals surface area (Å²) >= 11 is 1.26. The van der Waals surface area contributed by atoms with Gasteiger partial charge in [0.15, 0.2) is 0 Å². The van der Waals surface area contributed by atoms with Gasteiger partial charge in [0.1, 0.15) is 18.1 Å². The van der Waals surface area contributed by atoms with E-state index in [2.05, 4.69) is 25.9 Å². The van der Waals surface area contributed by atoms with Crippen LogP contribution in [0.15, 0.2) is 40.2 Å². The van der Waals surface area contributed by atoms with Crippen LogP contribution in [0.25, 0.3) is 0 Å². The van der Waals surface area contributed by atoms with E-state index in [1.54, 1.807) is 34.0 Å². The summed E-state index contributed by atoms with van der Waals surface area (Å²) < 4.78 is 8.62. The second-order valence-corrected chi connectivity index (χ2v) is 6.23. The summed E-state index contributed by atoms with van der Waals surface area (Å²) in [6.07, 6.45) is 3.25. The van der Waals surface area contributed by atoms with Gasteiger partial charge in [-0.15, -0.1) is 5.10 Å². The van der Waals surface area contributed by atoms with Crippen LogP contribution in [0, 0.1) is 0 Å². The molecule has 0 bridgehead atoms. The number of aromatic nitrogens is 6. The molecule has 3 heterocycles. The zero-order chi connectivity index (χ0) is 16.9. The first-order chi connectivity index (χ1) is 11.6. The van der Waals surface area contributed by atoms with Gasteiger partial charge in [0.2, 0.25) is 11.1 Å². The molecule has 0 fully saturated rings. The van der Waals surface area contributed by atoms with Crippen molar-refractivity contribution in [3.63, 3.8) is 0 Å². The summed E-state index contributed by atoms with van der Waals surface area (Å²) in [7, 11) is 0. The van der Waals surface area contributed by atoms with Gasteiger partial charge in [-0.05, 0) is 36.4 Å². The molecule has 0 aliphatic carbocycles. The zero-order valence-electron chi connectivity index (χ0n) is 13.3. The third-order valence-electron chi connectivity index (χ3n) is 3.14. The normalized spacial score (nSPS) is 11.1. The third-order valence-corrected chi connectivity index (χ3v) is 4.10. The SMILES string of the molecule is CC(C)n1nccc1NC(=O)CSc1nnnn1Cc1ccco1. The van der Waals surface area contributed by atoms with Crippen molar-refractivity contribution in [1.82, 2.24) is 30.0 Å². The van der Waals surface area contributed by atoms with Gasteiger partial charge < -0.3 is 9.73 Å². The molecular formula is C14H17N7O2S. The molecule has 0 spiro atoms. The highest BCUT2D eigenvalue weighted by Gasteiger charge is 2.13. The first kappa shape index (κ1) is 16.2. The molecule has 10 heteroatoms. The van der Waals surface area contributed by atoms with Gasteiger partial charge in [-0.25, -0.2) is 9.36 Å². The highest BCUT2D eigenvalue weighted by molar-refractivity contribution is 7.99. The molecular weight excluding hydrogens is 330 g/mol. The number of hydrogen-bond donors (Lipinski definition) is 1. The molecule has 0 radical (unpaired) electrons. The van der Waals surface area contributed by atoms with E-state index < -0.39 is 0 Å². The van der Waals surface area contributed by atoms with Crippen molar-refractivity contribution < 1.29 is 9.21 Å². The molecule has 0 aliphatic heterocycles. The van der Waals surface area contributed by atoms with Crippen LogP contribution in [0.1, 0.15) is 25.6 Å². The molecule has 1 amide bonds. The fourth-order valence-electron chi connectivity index (χ4n) is 2.08. The van der Waals surface area contributed by atoms with Gasteiger partial charge in [0.25, 0.3) is 0 Å². The van der Waals surface area contributed by atoms with E-state index in [0.717, 1.165) is 5.76 Å². The molecule has 24 heavy (non-hydrogen) atoms. The van der Waals surface area contributed by atoms with Crippen molar-refractivity contribution in [3.8, 4) is 0 Å². The van der Waals surface area contributed by atoms with Crippen LogP contribution in [0.4, 0.5) is 5.82 Å². The van der Waals surface area contributed by atoms with Crippen LogP contribution in [0.3, 0.4) is 0 Å². The second-order valence-electron chi connectivity index (χ2n) is 5.29. The van der Waals surface area contributed by atoms with E-state index in [1.165, 1.54) is 11.8 Å². The Morgan fingerprint density at radius 3 is 3.04 bits per heavy atom. The minimum atomic E-state index is -0.144. The lowest BCUT2D eigenvalue weighted by molar-refractivity contribution is -0.113. The summed E-state index contributed by atoms with van der Waals surface area (Å²) in [6, 6.07) is 5.58. The number of nitrogens with one attached hydrogen (secondary N) is 1. The molecule has 3 aromatic rings. The minimum Gasteiger partial charge on any atom is -0.467 e. The Morgan fingerprint density at radius 1 is 1.42 bits per heavy atom. The van der Waals surface area contributed by atoms with E-state index in [1.807, 2.05) is 19.9 Å². The van der Waals surface area contributed by atoms with Crippen LogP contribution in [-0.2, 0) is 11.3 Å². The quantitative estimate of drug-likeness (QED) is 0.650. The molecule has 1 N–H and O–H groups in total. The van der Waals surface area contributed by atoms with Crippen LogP contribution in [-0.4, -0.2) is 41.6 Å². The Labute approximate surface area is 142 Å². The number of nitrogens with zero attached hydrogens (tertiary/aromatic N) is 6. The molecule has 9 nitrogen and oxygen atoms in total. The summed E-state index contributed by atoms with van der Waals surface area (Å²) in [5, 5.41) is 19.1. The van der Waals surface area contributed by atoms with E-state index >= 15 is 0 Å². The van der Waals surface area contributed by atoms with E-state index in [9.17, 15) is 4.79 Å². The molecule has 0 unspecified atom stereocenters. The predicted molar refractivity (Wildman–Crippen MR) is 87.6 cm³/mol. The van der Waals surface area contributed by atoms with Gasteiger partial charge in [0.05, 0.1) is 18.2 Å². The molecule has 126 valence electrons. The van der Waals surface area contributed by atoms with Crippen molar-refractivity contribution in [3.05, 3.63) is 36.4 Å². The second kappa shape index (κ2) is 7.30. The largest absolute Gasteiger partial charge is 0.467 e. The Hall–Kier alpha value is -2.62. The number of hydrogen-bond acceptors (Lipinski definition) is 7. The van der Waals surface area contributed by atoms with E-state index in [4.69, 9.17) is 4.42 Å². The van der Waals surface area contributed by atoms with Crippen LogP contribution < -0.4 is 5.32 Å². The fraction of sp³-hybridized carbons (Fsp3) is 0.357. The van der Waals surface area contributed by atoms with Crippen LogP contribution in [0.2, 0.25) is 0 Å². The van der Waals surface area contributed by atoms with Gasteiger partial charge in [-0.2, -0.15) is 5.10 Å². The Kier molecular flexibility index (Phi) is 4.94. The van der Waals surface area contributed by atoms with Crippen molar-refractivity contribution >= 4 is 23.5 Å². The maximum Gasteiger partial charge on any atom is 0.235 e. The average molecular weight is 347 g/mol. The number of tetrazole rings is 1. The number of thioether (sulfide) groups is 1. The maximum atomic E-state index is 12.1. The number of carbonyl (C=O) groups excluding carboxylic acids is 1. The first-order valence-corrected chi connectivity index (χ1v) is 8.36. The summed E-state index contributed by atoms with van der Waals surface area (Å²) in [6.45, 7) is 4.42. The lowest BCUT2D eigenvalue weighted by Crippen LogP contribution is -2.18. The smallest absolute Gasteiger partial charge is 0.235 e. The first-order valence-electron chi connectivity index (χ1n) is 7.38. The minimum absolute atomic E-state index is 0.144. The number of anilines is 1. The highest BCUT2D eigenvalue weighted by Crippen LogP contribution is 2.17. The Balaban J connectivity index is 1.57. The van der Waals surface area contributed by atoms with Gasteiger partial charge in [-0.1, -0.05) is 11.8 Å². The zero-order valence-corrected chi connectivity index (χ0v) is 14.1. The predicted octanol–water partition coefficient (Wildman–Crippen LogP) is 1.82. The summed E-state index contributed by atoms with van der Waals surface area (Å²) in [5.41, 5.74) is 0. The molecule has 0 saturated carbocycles. The molecule has 3 rings (SSSR count). The molecule has 0 atom stereocenters. The Morgan fingerprint density at radius 2 is 2.29 bits per heavy atom. The van der Waals surface area contributed by atoms with Gasteiger partial charge >= 0.3 is 0 Å². The topological polar surface area (TPSA) is 104 Å². The van der Waals surface area contributed by atoms with Crippen molar-refractivity contribution in [2.45, 2.75) is 31.6 Å². The summed E-state index contributed by atoms with van der Waals surface area (Å²) in [4.78, 5) is 12.1.